The minimum atomic E-state index is -0.944. The van der Waals surface area contributed by atoms with Crippen LogP contribution in [0.3, 0.4) is 0 Å². The zero-order chi connectivity index (χ0) is 24.8. The van der Waals surface area contributed by atoms with Gasteiger partial charge in [0.1, 0.15) is 11.6 Å². The average molecular weight is 487 g/mol. The molecule has 0 amide bonds. The van der Waals surface area contributed by atoms with E-state index in [2.05, 4.69) is 11.8 Å². The summed E-state index contributed by atoms with van der Waals surface area (Å²) in [5.41, 5.74) is 0.574. The molecule has 1 saturated heterocycles. The van der Waals surface area contributed by atoms with Gasteiger partial charge in [-0.25, -0.2) is 17.6 Å². The summed E-state index contributed by atoms with van der Waals surface area (Å²) in [5, 5.41) is 0.560. The Morgan fingerprint density at radius 3 is 2.34 bits per heavy atom. The van der Waals surface area contributed by atoms with Gasteiger partial charge in [0, 0.05) is 37.0 Å². The van der Waals surface area contributed by atoms with E-state index in [4.69, 9.17) is 14.2 Å². The second-order valence-corrected chi connectivity index (χ2v) is 8.62. The Kier molecular flexibility index (Phi) is 8.40. The van der Waals surface area contributed by atoms with Gasteiger partial charge < -0.3 is 14.2 Å². The maximum Gasteiger partial charge on any atom is 0.166 e. The van der Waals surface area contributed by atoms with E-state index in [1.165, 1.54) is 30.3 Å². The van der Waals surface area contributed by atoms with Crippen LogP contribution in [0.5, 0.6) is 0 Å². The number of benzene rings is 3. The second-order valence-electron chi connectivity index (χ2n) is 8.62. The summed E-state index contributed by atoms with van der Waals surface area (Å²) in [6.45, 7) is 1.91. The van der Waals surface area contributed by atoms with Crippen molar-refractivity contribution >= 4 is 10.8 Å². The van der Waals surface area contributed by atoms with Crippen molar-refractivity contribution < 1.29 is 31.8 Å². The molecule has 184 valence electrons. The summed E-state index contributed by atoms with van der Waals surface area (Å²) in [6.07, 6.45) is 2.40. The van der Waals surface area contributed by atoms with Crippen LogP contribution < -0.4 is 0 Å². The standard InChI is InChI=1S/C28H26F4O3/c1-33-12-2-3-20-16-34-27(35-17-20)11-6-19-14-25(30)23(26(31)15-19)9-5-18-4-8-22-21(13-18)7-10-24(29)28(22)32/h4,7-8,10,13-15,20,27H,2-3,6,11-12,16-17H2,1H3. The minimum Gasteiger partial charge on any atom is -0.385 e. The van der Waals surface area contributed by atoms with Gasteiger partial charge in [-0.05, 0) is 60.5 Å². The Labute approximate surface area is 202 Å². The molecule has 1 heterocycles. The van der Waals surface area contributed by atoms with Crippen LogP contribution in [0.15, 0.2) is 42.5 Å². The molecule has 0 bridgehead atoms. The lowest BCUT2D eigenvalue weighted by molar-refractivity contribution is -0.203. The molecule has 1 aliphatic rings. The zero-order valence-electron chi connectivity index (χ0n) is 19.4. The summed E-state index contributed by atoms with van der Waals surface area (Å²) in [5.74, 6) is 2.15. The monoisotopic (exact) mass is 486 g/mol. The summed E-state index contributed by atoms with van der Waals surface area (Å²) in [7, 11) is 1.67. The fourth-order valence-corrected chi connectivity index (χ4v) is 4.08. The van der Waals surface area contributed by atoms with E-state index in [0.29, 0.717) is 55.1 Å². The topological polar surface area (TPSA) is 27.7 Å². The van der Waals surface area contributed by atoms with E-state index >= 15 is 0 Å². The van der Waals surface area contributed by atoms with Crippen molar-refractivity contribution in [2.45, 2.75) is 32.0 Å². The predicted octanol–water partition coefficient (Wildman–Crippen LogP) is 6.14. The average Bonchev–Trinajstić information content (AvgIpc) is 2.85. The van der Waals surface area contributed by atoms with Crippen molar-refractivity contribution in [3.8, 4) is 11.8 Å². The third-order valence-corrected chi connectivity index (χ3v) is 6.01. The third-order valence-electron chi connectivity index (χ3n) is 6.01. The van der Waals surface area contributed by atoms with Crippen LogP contribution in [0, 0.1) is 41.0 Å². The van der Waals surface area contributed by atoms with Crippen molar-refractivity contribution in [3.05, 3.63) is 82.4 Å². The molecule has 0 aliphatic carbocycles. The Balaban J connectivity index is 1.37. The highest BCUT2D eigenvalue weighted by atomic mass is 19.2. The molecule has 0 spiro atoms. The van der Waals surface area contributed by atoms with Crippen LogP contribution in [-0.2, 0) is 20.6 Å². The third kappa shape index (κ3) is 6.40. The van der Waals surface area contributed by atoms with Crippen LogP contribution in [0.2, 0.25) is 0 Å². The highest BCUT2D eigenvalue weighted by molar-refractivity contribution is 5.84. The number of halogens is 4. The van der Waals surface area contributed by atoms with Gasteiger partial charge in [-0.1, -0.05) is 24.0 Å². The maximum atomic E-state index is 14.6. The fourth-order valence-electron chi connectivity index (χ4n) is 4.08. The largest absolute Gasteiger partial charge is 0.385 e. The van der Waals surface area contributed by atoms with Gasteiger partial charge in [-0.15, -0.1) is 0 Å². The molecule has 1 aliphatic heterocycles. The number of hydrogen-bond acceptors (Lipinski definition) is 3. The number of methoxy groups -OCH3 is 1. The summed E-state index contributed by atoms with van der Waals surface area (Å²) < 4.78 is 73.0. The smallest absolute Gasteiger partial charge is 0.166 e. The van der Waals surface area contributed by atoms with Gasteiger partial charge >= 0.3 is 0 Å². The Hall–Kier alpha value is -2.92. The van der Waals surface area contributed by atoms with E-state index in [9.17, 15) is 17.6 Å². The zero-order valence-corrected chi connectivity index (χ0v) is 19.4. The van der Waals surface area contributed by atoms with Gasteiger partial charge in [0.25, 0.3) is 0 Å². The van der Waals surface area contributed by atoms with Gasteiger partial charge in [0.05, 0.1) is 18.8 Å². The van der Waals surface area contributed by atoms with E-state index in [1.807, 2.05) is 0 Å². The second kappa shape index (κ2) is 11.7. The molecule has 0 N–H and O–H groups in total. The van der Waals surface area contributed by atoms with Gasteiger partial charge in [-0.3, -0.25) is 0 Å². The molecule has 0 unspecified atom stereocenters. The molecule has 1 fully saturated rings. The highest BCUT2D eigenvalue weighted by Gasteiger charge is 2.22. The Morgan fingerprint density at radius 2 is 1.63 bits per heavy atom. The van der Waals surface area contributed by atoms with E-state index in [0.717, 1.165) is 18.9 Å². The van der Waals surface area contributed by atoms with Crippen LogP contribution in [0.1, 0.15) is 36.0 Å². The summed E-state index contributed by atoms with van der Waals surface area (Å²) in [6, 6.07) is 9.40. The number of fused-ring (bicyclic) bond motifs is 1. The molecule has 3 nitrogen and oxygen atoms in total. The lowest BCUT2D eigenvalue weighted by Crippen LogP contribution is -2.32. The minimum absolute atomic E-state index is 0.116. The number of aryl methyl sites for hydroxylation is 1. The van der Waals surface area contributed by atoms with Crippen molar-refractivity contribution in [2.24, 2.45) is 5.92 Å². The fraction of sp³-hybridized carbons (Fsp3) is 0.357. The van der Waals surface area contributed by atoms with Gasteiger partial charge in [-0.2, -0.15) is 0 Å². The Morgan fingerprint density at radius 1 is 0.886 bits per heavy atom. The molecule has 0 aromatic heterocycles. The van der Waals surface area contributed by atoms with E-state index in [1.54, 1.807) is 13.2 Å². The lowest BCUT2D eigenvalue weighted by atomic mass is 10.0. The van der Waals surface area contributed by atoms with Crippen LogP contribution >= 0.6 is 0 Å². The van der Waals surface area contributed by atoms with Gasteiger partial charge in [0.15, 0.2) is 17.9 Å². The first-order chi connectivity index (χ1) is 16.9. The number of hydrogen-bond donors (Lipinski definition) is 0. The molecule has 0 saturated carbocycles. The van der Waals surface area contributed by atoms with Crippen LogP contribution in [-0.4, -0.2) is 33.2 Å². The maximum absolute atomic E-state index is 14.6. The number of rotatable bonds is 7. The molecular weight excluding hydrogens is 460 g/mol. The van der Waals surface area contributed by atoms with Crippen molar-refractivity contribution in [3.63, 3.8) is 0 Å². The molecular formula is C28H26F4O3. The molecule has 7 heteroatoms. The van der Waals surface area contributed by atoms with Crippen LogP contribution in [0.4, 0.5) is 17.6 Å². The summed E-state index contributed by atoms with van der Waals surface area (Å²) in [4.78, 5) is 0. The molecule has 0 radical (unpaired) electrons. The lowest BCUT2D eigenvalue weighted by Gasteiger charge is -2.29. The van der Waals surface area contributed by atoms with Crippen molar-refractivity contribution in [1.29, 1.82) is 0 Å². The Bertz CT molecular complexity index is 1220. The first-order valence-electron chi connectivity index (χ1n) is 11.5. The quantitative estimate of drug-likeness (QED) is 0.228. The molecule has 3 aromatic rings. The molecule has 0 atom stereocenters. The van der Waals surface area contributed by atoms with E-state index < -0.39 is 29.6 Å². The van der Waals surface area contributed by atoms with Crippen LogP contribution in [0.25, 0.3) is 10.8 Å². The van der Waals surface area contributed by atoms with E-state index in [-0.39, 0.29) is 10.9 Å². The summed E-state index contributed by atoms with van der Waals surface area (Å²) >= 11 is 0. The first-order valence-corrected chi connectivity index (χ1v) is 11.5. The van der Waals surface area contributed by atoms with Crippen molar-refractivity contribution in [2.75, 3.05) is 26.9 Å². The predicted molar refractivity (Wildman–Crippen MR) is 125 cm³/mol. The van der Waals surface area contributed by atoms with Crippen molar-refractivity contribution in [1.82, 2.24) is 0 Å². The molecule has 4 rings (SSSR count). The highest BCUT2D eigenvalue weighted by Crippen LogP contribution is 2.23. The van der Waals surface area contributed by atoms with Gasteiger partial charge in [0.2, 0.25) is 0 Å². The normalized spacial score (nSPS) is 17.9. The SMILES string of the molecule is COCCCC1COC(CCc2cc(F)c(C#Cc3ccc4c(F)c(F)ccc4c3)c(F)c2)OC1. The first kappa shape index (κ1) is 25.2. The molecule has 3 aromatic carbocycles. The number of ether oxygens (including phenoxy) is 3. The molecule has 35 heavy (non-hydrogen) atoms.